The minimum atomic E-state index is -1.97. The van der Waals surface area contributed by atoms with Crippen LogP contribution in [0.15, 0.2) is 0 Å². The maximum Gasteiger partial charge on any atom is 0.234 e. The highest BCUT2D eigenvalue weighted by atomic mass is 16.8. The third kappa shape index (κ3) is 37.8. The molecule has 8 amide bonds. The summed E-state index contributed by atoms with van der Waals surface area (Å²) in [6.45, 7) is -1.48. The summed E-state index contributed by atoms with van der Waals surface area (Å²) in [7, 11) is 0. The van der Waals surface area contributed by atoms with E-state index in [1.807, 2.05) is 13.8 Å². The molecule has 836 valence electrons. The standard InChI is InChI=1S/2C42H75N5O25/c2*1-3-43-23(50)7-5-4-6-8-44-24(51)13-47(14-25(52)45-9-11-65-39-34(61)31(58)27(54)19(2)68-39)15-26(53)46-10-12-66-41-37(64)38(72-42-36(63)33(60)29(56)21(17-49)70-42)30(57)22(71-41)18-67-40-35(62)32(59)28(55)20(16-48)69-40/h2*19-22,27-42,48-49,54-64H,3-18H2,1-2H3,(H,43,50)(H,44,51)(H,45,52)(H,46,53)/t2*19-,20+,21+,22+,27+,28+,29+,30+,31+,32-,33-,34-,35-,36-,37-,38-,39+,40-,41+,42+/m00/s1. The minimum absolute atomic E-state index is 0.0834. The van der Waals surface area contributed by atoms with Gasteiger partial charge in [-0.15, -0.1) is 0 Å². The fourth-order valence-corrected chi connectivity index (χ4v) is 16.0. The van der Waals surface area contributed by atoms with Crippen molar-refractivity contribution < 1.29 is 247 Å². The lowest BCUT2D eigenvalue weighted by Crippen LogP contribution is -2.65. The molecule has 0 aromatic heterocycles. The van der Waals surface area contributed by atoms with Crippen molar-refractivity contribution >= 4 is 47.3 Å². The Labute approximate surface area is 826 Å². The zero-order valence-corrected chi connectivity index (χ0v) is 80.0. The lowest BCUT2D eigenvalue weighted by atomic mass is 9.96. The Morgan fingerprint density at radius 3 is 0.729 bits per heavy atom. The second-order valence-corrected chi connectivity index (χ2v) is 35.5. The number of amides is 8. The van der Waals surface area contributed by atoms with Crippen molar-refractivity contribution in [2.45, 2.75) is 325 Å². The molecular formula is C84H150N10O50. The number of hydrogen-bond donors (Lipinski definition) is 34. The molecule has 0 spiro atoms. The third-order valence-corrected chi connectivity index (χ3v) is 24.3. The maximum absolute atomic E-state index is 13.2. The van der Waals surface area contributed by atoms with Crippen molar-refractivity contribution in [2.75, 3.05) is 158 Å². The molecule has 8 heterocycles. The van der Waals surface area contributed by atoms with Gasteiger partial charge in [0.2, 0.25) is 47.3 Å². The number of ether oxygens (including phenoxy) is 16. The van der Waals surface area contributed by atoms with Crippen LogP contribution >= 0.6 is 0 Å². The van der Waals surface area contributed by atoms with E-state index >= 15 is 0 Å². The Hall–Kier alpha value is -6.00. The minimum Gasteiger partial charge on any atom is -0.394 e. The number of aliphatic hydroxyl groups excluding tert-OH is 26. The van der Waals surface area contributed by atoms with Crippen LogP contribution in [0.1, 0.15) is 79.1 Å². The molecule has 8 saturated heterocycles. The molecule has 0 saturated carbocycles. The monoisotopic (exact) mass is 2100 g/mol. The Bertz CT molecular complexity index is 3520. The van der Waals surface area contributed by atoms with Gasteiger partial charge in [0.05, 0.1) is 118 Å². The zero-order chi connectivity index (χ0) is 106. The number of carbonyl (C=O) groups excluding carboxylic acids is 8. The van der Waals surface area contributed by atoms with Gasteiger partial charge in [-0.1, -0.05) is 12.8 Å². The third-order valence-electron chi connectivity index (χ3n) is 24.3. The first-order chi connectivity index (χ1) is 68.4. The van der Waals surface area contributed by atoms with Crippen molar-refractivity contribution in [1.82, 2.24) is 52.3 Å². The number of aliphatic hydroxyl groups is 26. The van der Waals surface area contributed by atoms with E-state index in [0.717, 1.165) is 0 Å². The van der Waals surface area contributed by atoms with Gasteiger partial charge in [-0.05, 0) is 53.4 Å². The van der Waals surface area contributed by atoms with E-state index in [9.17, 15) is 171 Å². The van der Waals surface area contributed by atoms with Gasteiger partial charge in [0.1, 0.15) is 183 Å². The summed E-state index contributed by atoms with van der Waals surface area (Å²) >= 11 is 0. The highest BCUT2D eigenvalue weighted by Crippen LogP contribution is 2.35. The first kappa shape index (κ1) is 125. The topological polar surface area (TPSA) is 913 Å². The van der Waals surface area contributed by atoms with E-state index in [-0.39, 0.29) is 64.3 Å². The fourth-order valence-electron chi connectivity index (χ4n) is 16.0. The van der Waals surface area contributed by atoms with Gasteiger partial charge in [0.15, 0.2) is 50.3 Å². The number of nitrogens with zero attached hydrogens (tertiary/aromatic N) is 2. The molecule has 0 bridgehead atoms. The molecule has 0 aromatic rings. The van der Waals surface area contributed by atoms with Crippen molar-refractivity contribution in [3.05, 3.63) is 0 Å². The lowest BCUT2D eigenvalue weighted by molar-refractivity contribution is -0.366. The van der Waals surface area contributed by atoms with Crippen LogP contribution in [0, 0.1) is 0 Å². The second-order valence-electron chi connectivity index (χ2n) is 35.5. The van der Waals surface area contributed by atoms with Gasteiger partial charge >= 0.3 is 0 Å². The molecule has 0 radical (unpaired) electrons. The highest BCUT2D eigenvalue weighted by Gasteiger charge is 2.56. The summed E-state index contributed by atoms with van der Waals surface area (Å²) in [6, 6.07) is 0. The zero-order valence-electron chi connectivity index (χ0n) is 80.0. The molecule has 0 unspecified atom stereocenters. The van der Waals surface area contributed by atoms with Crippen LogP contribution in [0.2, 0.25) is 0 Å². The average molecular weight is 2100 g/mol. The van der Waals surface area contributed by atoms with E-state index in [1.54, 1.807) is 0 Å². The predicted octanol–water partition coefficient (Wildman–Crippen LogP) is -20.7. The molecule has 0 aromatic carbocycles. The molecule has 8 rings (SSSR count). The molecule has 8 aliphatic heterocycles. The van der Waals surface area contributed by atoms with Crippen molar-refractivity contribution in [1.29, 1.82) is 0 Å². The molecule has 144 heavy (non-hydrogen) atoms. The van der Waals surface area contributed by atoms with Gasteiger partial charge < -0.3 is 251 Å². The number of nitrogens with one attached hydrogen (secondary N) is 8. The van der Waals surface area contributed by atoms with Crippen molar-refractivity contribution in [2.24, 2.45) is 0 Å². The Morgan fingerprint density at radius 2 is 0.465 bits per heavy atom. The van der Waals surface area contributed by atoms with Crippen LogP contribution in [0.5, 0.6) is 0 Å². The quantitative estimate of drug-likeness (QED) is 0.0251. The Morgan fingerprint density at radius 1 is 0.236 bits per heavy atom. The fraction of sp³-hybridized carbons (Fsp3) is 0.905. The number of hydrogen-bond acceptors (Lipinski definition) is 52. The Balaban J connectivity index is 0.000000391. The van der Waals surface area contributed by atoms with Gasteiger partial charge in [0.25, 0.3) is 0 Å². The molecule has 60 nitrogen and oxygen atoms in total. The van der Waals surface area contributed by atoms with E-state index in [0.29, 0.717) is 64.5 Å². The highest BCUT2D eigenvalue weighted by molar-refractivity contribution is 5.85. The van der Waals surface area contributed by atoms with E-state index < -0.39 is 373 Å². The SMILES string of the molecule is CCNC(=O)CCCCCNC(=O)CN(CC(=O)NCCO[C@@H]1O[C@@H](C)[C@@H](O)[C@@H](O)[C@@H]1O)CC(=O)NCCO[C@@H]1O[C@H](CO[C@H]2O[C@H](CO)[C@@H](O)[C@H](O)[C@@H]2O)[C@@H](O)[C@H](O[C@H]2O[C@H](CO)[C@@H](O)[C@H](O)[C@@H]2O)[C@@H]1O.CCNC(=O)CCCCCNC(=O)CN(CC(=O)NCCO[C@@H]1O[C@@H](C)[C@@H](O)[C@@H](O)[C@@H]1O)CC(=O)NCCO[C@@H]1O[C@H](CO[C@H]2O[C@H](CO)[C@@H](O)[C@H](O)[C@@H]2O)[C@@H](O)[C@H](O[C@H]2O[C@H](CO)[C@@H](O)[C@H](O)[C@@H]2O)[C@@H]1O. The van der Waals surface area contributed by atoms with Gasteiger partial charge in [-0.25, -0.2) is 0 Å². The van der Waals surface area contributed by atoms with Crippen LogP contribution in [-0.4, -0.2) is 593 Å². The van der Waals surface area contributed by atoms with Gasteiger partial charge in [-0.2, -0.15) is 0 Å². The predicted molar refractivity (Wildman–Crippen MR) is 472 cm³/mol. The first-order valence-corrected chi connectivity index (χ1v) is 47.7. The van der Waals surface area contributed by atoms with E-state index in [2.05, 4.69) is 42.5 Å². The lowest BCUT2D eigenvalue weighted by Gasteiger charge is -2.46. The number of unbranched alkanes of at least 4 members (excludes halogenated alkanes) is 4. The summed E-state index contributed by atoms with van der Waals surface area (Å²) < 4.78 is 88.5. The van der Waals surface area contributed by atoms with Crippen LogP contribution in [-0.2, 0) is 114 Å². The summed E-state index contributed by atoms with van der Waals surface area (Å²) in [6.07, 6.45) is -61.8. The largest absolute Gasteiger partial charge is 0.394 e. The average Bonchev–Trinajstić information content (AvgIpc) is 0.786. The molecule has 34 N–H and O–H groups in total. The summed E-state index contributed by atoms with van der Waals surface area (Å²) in [4.78, 5) is 104. The van der Waals surface area contributed by atoms with E-state index in [1.165, 1.54) is 23.6 Å². The van der Waals surface area contributed by atoms with E-state index in [4.69, 9.17) is 75.8 Å². The van der Waals surface area contributed by atoms with Gasteiger partial charge in [0, 0.05) is 65.2 Å². The van der Waals surface area contributed by atoms with Crippen LogP contribution < -0.4 is 42.5 Å². The summed E-state index contributed by atoms with van der Waals surface area (Å²) in [5.41, 5.74) is 0. The molecule has 8 fully saturated rings. The first-order valence-electron chi connectivity index (χ1n) is 47.7. The summed E-state index contributed by atoms with van der Waals surface area (Å²) in [5, 5.41) is 289. The number of carbonyl (C=O) groups is 8. The smallest absolute Gasteiger partial charge is 0.234 e. The maximum atomic E-state index is 13.2. The van der Waals surface area contributed by atoms with Gasteiger partial charge in [-0.3, -0.25) is 48.2 Å². The number of rotatable bonds is 56. The summed E-state index contributed by atoms with van der Waals surface area (Å²) in [5.74, 6) is -3.92. The van der Waals surface area contributed by atoms with Crippen LogP contribution in [0.3, 0.4) is 0 Å². The molecular weight excluding hydrogens is 1950 g/mol. The molecule has 60 heteroatoms. The molecule has 8 aliphatic rings. The molecule has 0 aliphatic carbocycles. The second kappa shape index (κ2) is 63.3. The van der Waals surface area contributed by atoms with Crippen LogP contribution in [0.4, 0.5) is 0 Å². The van der Waals surface area contributed by atoms with Crippen LogP contribution in [0.25, 0.3) is 0 Å². The normalized spacial score (nSPS) is 37.2. The van der Waals surface area contributed by atoms with Crippen molar-refractivity contribution in [3.63, 3.8) is 0 Å². The Kier molecular flexibility index (Phi) is 55.0. The molecule has 40 atom stereocenters. The van der Waals surface area contributed by atoms with Crippen molar-refractivity contribution in [3.8, 4) is 0 Å².